The molecular weight excluding hydrogens is 364 g/mol. The van der Waals surface area contributed by atoms with E-state index in [0.29, 0.717) is 12.1 Å². The molecule has 4 rings (SSSR count). The molecule has 1 atom stereocenters. The van der Waals surface area contributed by atoms with Crippen LogP contribution in [-0.4, -0.2) is 41.9 Å². The highest BCUT2D eigenvalue weighted by molar-refractivity contribution is 7.88. The van der Waals surface area contributed by atoms with E-state index in [-0.39, 0.29) is 0 Å². The molecule has 0 spiro atoms. The van der Waals surface area contributed by atoms with Gasteiger partial charge in [0.2, 0.25) is 10.0 Å². The molecule has 1 aliphatic heterocycles. The van der Waals surface area contributed by atoms with Gasteiger partial charge in [0.25, 0.3) is 0 Å². The molecule has 0 fully saturated rings. The summed E-state index contributed by atoms with van der Waals surface area (Å²) in [6.45, 7) is 0. The van der Waals surface area contributed by atoms with Crippen LogP contribution in [0, 0.1) is 0 Å². The first kappa shape index (κ1) is 17.4. The van der Waals surface area contributed by atoms with E-state index in [4.69, 9.17) is 4.74 Å². The Labute approximate surface area is 157 Å². The van der Waals surface area contributed by atoms with Crippen LogP contribution in [0.5, 0.6) is 5.75 Å². The third-order valence-electron chi connectivity index (χ3n) is 4.51. The van der Waals surface area contributed by atoms with Gasteiger partial charge in [-0.2, -0.15) is 9.52 Å². The van der Waals surface area contributed by atoms with E-state index >= 15 is 0 Å². The maximum absolute atomic E-state index is 12.3. The van der Waals surface area contributed by atoms with Crippen molar-refractivity contribution in [3.63, 3.8) is 0 Å². The minimum atomic E-state index is -3.52. The molecular formula is C19H18N4O3S. The molecule has 0 N–H and O–H groups in total. The lowest BCUT2D eigenvalue weighted by atomic mass is 9.98. The first-order chi connectivity index (χ1) is 13.0. The highest BCUT2D eigenvalue weighted by Gasteiger charge is 2.34. The van der Waals surface area contributed by atoms with Gasteiger partial charge in [-0.05, 0) is 47.5 Å². The van der Waals surface area contributed by atoms with Gasteiger partial charge < -0.3 is 4.74 Å². The molecule has 27 heavy (non-hydrogen) atoms. The fraction of sp³-hybridized carbons (Fsp3) is 0.211. The normalized spacial score (nSPS) is 17.2. The van der Waals surface area contributed by atoms with Gasteiger partial charge in [-0.25, -0.2) is 8.42 Å². The summed E-state index contributed by atoms with van der Waals surface area (Å²) in [7, 11) is -1.92. The number of nitrogens with zero attached hydrogens (tertiary/aromatic N) is 4. The molecule has 0 unspecified atom stereocenters. The van der Waals surface area contributed by atoms with Crippen LogP contribution in [0.15, 0.2) is 60.0 Å². The largest absolute Gasteiger partial charge is 0.497 e. The number of aromatic nitrogens is 2. The maximum Gasteiger partial charge on any atom is 0.247 e. The van der Waals surface area contributed by atoms with Gasteiger partial charge in [0.15, 0.2) is 0 Å². The summed E-state index contributed by atoms with van der Waals surface area (Å²) in [6.07, 6.45) is 4.89. The van der Waals surface area contributed by atoms with Gasteiger partial charge in [-0.15, -0.1) is 0 Å². The van der Waals surface area contributed by atoms with Crippen LogP contribution in [0.25, 0.3) is 11.0 Å². The molecule has 2 heterocycles. The summed E-state index contributed by atoms with van der Waals surface area (Å²) in [6, 6.07) is 12.6. The molecule has 2 aromatic carbocycles. The quantitative estimate of drug-likeness (QED) is 0.693. The van der Waals surface area contributed by atoms with E-state index in [1.807, 2.05) is 42.5 Å². The number of sulfonamides is 1. The van der Waals surface area contributed by atoms with E-state index in [1.54, 1.807) is 19.5 Å². The van der Waals surface area contributed by atoms with Crippen molar-refractivity contribution in [1.82, 2.24) is 14.4 Å². The number of benzene rings is 2. The summed E-state index contributed by atoms with van der Waals surface area (Å²) in [5.74, 6) is 0.738. The second kappa shape index (κ2) is 6.62. The van der Waals surface area contributed by atoms with Gasteiger partial charge in [0.1, 0.15) is 5.75 Å². The summed E-state index contributed by atoms with van der Waals surface area (Å²) >= 11 is 0. The zero-order chi connectivity index (χ0) is 19.0. The lowest BCUT2D eigenvalue weighted by molar-refractivity contribution is 0.375. The van der Waals surface area contributed by atoms with Crippen LogP contribution in [-0.2, 0) is 10.0 Å². The number of fused-ring (bicyclic) bond motifs is 1. The fourth-order valence-electron chi connectivity index (χ4n) is 3.19. The highest BCUT2D eigenvalue weighted by Crippen LogP contribution is 2.35. The standard InChI is InChI=1S/C19H18N4O3S/c1-26-15-6-3-13(4-7-15)17-12-19(23(22-17)27(2,24)25)14-5-8-16-18(11-14)21-10-9-20-16/h3-11,19H,12H2,1-2H3/t19-/m0/s1. The van der Waals surface area contributed by atoms with Gasteiger partial charge in [-0.1, -0.05) is 6.07 Å². The Balaban J connectivity index is 1.73. The number of methoxy groups -OCH3 is 1. The first-order valence-corrected chi connectivity index (χ1v) is 10.2. The van der Waals surface area contributed by atoms with Crippen molar-refractivity contribution in [2.75, 3.05) is 13.4 Å². The molecule has 0 bridgehead atoms. The van der Waals surface area contributed by atoms with Gasteiger partial charge in [-0.3, -0.25) is 9.97 Å². The molecule has 1 aliphatic rings. The summed E-state index contributed by atoms with van der Waals surface area (Å²) in [4.78, 5) is 8.58. The van der Waals surface area contributed by atoms with Crippen molar-refractivity contribution in [3.8, 4) is 5.75 Å². The van der Waals surface area contributed by atoms with Crippen LogP contribution in [0.3, 0.4) is 0 Å². The van der Waals surface area contributed by atoms with E-state index < -0.39 is 16.1 Å². The van der Waals surface area contributed by atoms with Crippen LogP contribution >= 0.6 is 0 Å². The Morgan fingerprint density at radius 3 is 2.41 bits per heavy atom. The average molecular weight is 382 g/mol. The van der Waals surface area contributed by atoms with E-state index in [1.165, 1.54) is 10.7 Å². The number of ether oxygens (including phenoxy) is 1. The summed E-state index contributed by atoms with van der Waals surface area (Å²) in [5, 5.41) is 4.41. The van der Waals surface area contributed by atoms with Crippen molar-refractivity contribution in [1.29, 1.82) is 0 Å². The van der Waals surface area contributed by atoms with Gasteiger partial charge in [0.05, 0.1) is 36.2 Å². The molecule has 0 amide bonds. The van der Waals surface area contributed by atoms with Crippen LogP contribution in [0.1, 0.15) is 23.6 Å². The smallest absolute Gasteiger partial charge is 0.247 e. The van der Waals surface area contributed by atoms with Crippen LogP contribution < -0.4 is 4.74 Å². The topological polar surface area (TPSA) is 84.8 Å². The number of hydrogen-bond donors (Lipinski definition) is 0. The molecule has 0 aliphatic carbocycles. The van der Waals surface area contributed by atoms with E-state index in [2.05, 4.69) is 15.1 Å². The Morgan fingerprint density at radius 1 is 1.04 bits per heavy atom. The second-order valence-electron chi connectivity index (χ2n) is 6.34. The van der Waals surface area contributed by atoms with Crippen molar-refractivity contribution in [2.45, 2.75) is 12.5 Å². The Bertz CT molecular complexity index is 1130. The molecule has 8 heteroatoms. The third-order valence-corrected chi connectivity index (χ3v) is 5.53. The van der Waals surface area contributed by atoms with Crippen molar-refractivity contribution in [3.05, 3.63) is 66.0 Å². The van der Waals surface area contributed by atoms with E-state index in [0.717, 1.165) is 27.9 Å². The van der Waals surface area contributed by atoms with Crippen molar-refractivity contribution >= 4 is 26.8 Å². The molecule has 3 aromatic rings. The van der Waals surface area contributed by atoms with Gasteiger partial charge in [0, 0.05) is 18.8 Å². The molecule has 0 saturated carbocycles. The monoisotopic (exact) mass is 382 g/mol. The summed E-state index contributed by atoms with van der Waals surface area (Å²) in [5.41, 5.74) is 3.91. The van der Waals surface area contributed by atoms with Crippen molar-refractivity contribution in [2.24, 2.45) is 5.10 Å². The molecule has 0 saturated heterocycles. The number of hydrogen-bond acceptors (Lipinski definition) is 6. The molecule has 7 nitrogen and oxygen atoms in total. The SMILES string of the molecule is COc1ccc(C2=NN(S(C)(=O)=O)[C@H](c3ccc4nccnc4c3)C2)cc1. The minimum Gasteiger partial charge on any atom is -0.497 e. The maximum atomic E-state index is 12.3. The Hall–Kier alpha value is -3.00. The molecule has 1 aromatic heterocycles. The zero-order valence-corrected chi connectivity index (χ0v) is 15.7. The molecule has 138 valence electrons. The third kappa shape index (κ3) is 3.35. The molecule has 0 radical (unpaired) electrons. The predicted molar refractivity (Wildman–Crippen MR) is 103 cm³/mol. The first-order valence-electron chi connectivity index (χ1n) is 8.38. The number of hydrazone groups is 1. The summed E-state index contributed by atoms with van der Waals surface area (Å²) < 4.78 is 31.0. The lowest BCUT2D eigenvalue weighted by Crippen LogP contribution is -2.25. The lowest BCUT2D eigenvalue weighted by Gasteiger charge is -2.21. The number of rotatable bonds is 4. The zero-order valence-electron chi connectivity index (χ0n) is 14.9. The predicted octanol–water partition coefficient (Wildman–Crippen LogP) is 2.75. The Morgan fingerprint density at radius 2 is 1.74 bits per heavy atom. The fourth-order valence-corrected chi connectivity index (χ4v) is 4.09. The van der Waals surface area contributed by atoms with Crippen LogP contribution in [0.4, 0.5) is 0 Å². The minimum absolute atomic E-state index is 0.413. The van der Waals surface area contributed by atoms with Gasteiger partial charge >= 0.3 is 0 Å². The van der Waals surface area contributed by atoms with Crippen molar-refractivity contribution < 1.29 is 13.2 Å². The van der Waals surface area contributed by atoms with Crippen LogP contribution in [0.2, 0.25) is 0 Å². The second-order valence-corrected chi connectivity index (χ2v) is 8.18. The average Bonchev–Trinajstić information content (AvgIpc) is 3.14. The highest BCUT2D eigenvalue weighted by atomic mass is 32.2. The van der Waals surface area contributed by atoms with E-state index in [9.17, 15) is 8.42 Å². The Kier molecular flexibility index (Phi) is 4.27.